The third-order valence-electron chi connectivity index (χ3n) is 5.62. The van der Waals surface area contributed by atoms with E-state index in [1.54, 1.807) is 0 Å². The van der Waals surface area contributed by atoms with E-state index in [0.29, 0.717) is 19.2 Å². The SMILES string of the molecule is CN=C(NCc1cccc(OCCN(C)C)c1)NCC(c1ccccc1)N1CCCC1.I. The Bertz CT molecular complexity index is 809. The lowest BCUT2D eigenvalue weighted by Crippen LogP contribution is -2.42. The van der Waals surface area contributed by atoms with E-state index in [0.717, 1.165) is 37.9 Å². The third-order valence-corrected chi connectivity index (χ3v) is 5.62. The van der Waals surface area contributed by atoms with E-state index in [1.807, 2.05) is 33.3 Å². The van der Waals surface area contributed by atoms with Gasteiger partial charge in [-0.2, -0.15) is 0 Å². The second-order valence-corrected chi connectivity index (χ2v) is 8.28. The number of likely N-dealkylation sites (N-methyl/N-ethyl adjacent to an activating group) is 1. The highest BCUT2D eigenvalue weighted by atomic mass is 127. The van der Waals surface area contributed by atoms with E-state index in [1.165, 1.54) is 24.0 Å². The van der Waals surface area contributed by atoms with Crippen molar-refractivity contribution in [2.24, 2.45) is 4.99 Å². The molecule has 176 valence electrons. The lowest BCUT2D eigenvalue weighted by Gasteiger charge is -2.29. The Labute approximate surface area is 210 Å². The van der Waals surface area contributed by atoms with E-state index in [9.17, 15) is 0 Å². The van der Waals surface area contributed by atoms with Gasteiger partial charge in [-0.3, -0.25) is 9.89 Å². The molecule has 1 heterocycles. The highest BCUT2D eigenvalue weighted by Gasteiger charge is 2.23. The number of rotatable bonds is 10. The van der Waals surface area contributed by atoms with Gasteiger partial charge in [0.15, 0.2) is 5.96 Å². The molecule has 1 unspecified atom stereocenters. The van der Waals surface area contributed by atoms with Crippen LogP contribution in [0.25, 0.3) is 0 Å². The van der Waals surface area contributed by atoms with Crippen molar-refractivity contribution in [3.05, 3.63) is 65.7 Å². The first kappa shape index (κ1) is 26.4. The van der Waals surface area contributed by atoms with Gasteiger partial charge in [-0.15, -0.1) is 24.0 Å². The van der Waals surface area contributed by atoms with Crippen LogP contribution in [0.3, 0.4) is 0 Å². The first-order chi connectivity index (χ1) is 15.2. The van der Waals surface area contributed by atoms with Gasteiger partial charge >= 0.3 is 0 Å². The van der Waals surface area contributed by atoms with Crippen molar-refractivity contribution in [3.63, 3.8) is 0 Å². The largest absolute Gasteiger partial charge is 0.492 e. The molecular weight excluding hydrogens is 513 g/mol. The Morgan fingerprint density at radius 1 is 1.06 bits per heavy atom. The smallest absolute Gasteiger partial charge is 0.191 e. The van der Waals surface area contributed by atoms with Crippen LogP contribution < -0.4 is 15.4 Å². The van der Waals surface area contributed by atoms with Crippen LogP contribution in [-0.4, -0.2) is 69.7 Å². The van der Waals surface area contributed by atoms with Crippen molar-refractivity contribution in [1.29, 1.82) is 0 Å². The molecular formula is C25H38IN5O. The molecule has 2 N–H and O–H groups in total. The van der Waals surface area contributed by atoms with Crippen molar-refractivity contribution in [2.75, 3.05) is 53.9 Å². The number of aliphatic imine (C=N–C) groups is 1. The monoisotopic (exact) mass is 551 g/mol. The minimum Gasteiger partial charge on any atom is -0.492 e. The van der Waals surface area contributed by atoms with Gasteiger partial charge in [-0.25, -0.2) is 0 Å². The second-order valence-electron chi connectivity index (χ2n) is 8.28. The van der Waals surface area contributed by atoms with Crippen molar-refractivity contribution in [2.45, 2.75) is 25.4 Å². The number of benzene rings is 2. The standard InChI is InChI=1S/C25H37N5O.HI/c1-26-25(27-19-21-10-9-13-23(18-21)31-17-16-29(2)3)28-20-24(30-14-7-8-15-30)22-11-5-4-6-12-22;/h4-6,9-13,18,24H,7-8,14-17,19-20H2,1-3H3,(H2,26,27,28);1H. The topological polar surface area (TPSA) is 52.1 Å². The summed E-state index contributed by atoms with van der Waals surface area (Å²) in [5.41, 5.74) is 2.53. The zero-order valence-corrected chi connectivity index (χ0v) is 21.9. The number of nitrogens with one attached hydrogen (secondary N) is 2. The highest BCUT2D eigenvalue weighted by molar-refractivity contribution is 14.0. The number of hydrogen-bond donors (Lipinski definition) is 2. The first-order valence-electron chi connectivity index (χ1n) is 11.3. The summed E-state index contributed by atoms with van der Waals surface area (Å²) in [5.74, 6) is 1.72. The average molecular weight is 552 g/mol. The minimum absolute atomic E-state index is 0. The number of hydrogen-bond acceptors (Lipinski definition) is 4. The molecule has 1 atom stereocenters. The summed E-state index contributed by atoms with van der Waals surface area (Å²) in [5, 5.41) is 6.98. The lowest BCUT2D eigenvalue weighted by atomic mass is 10.1. The van der Waals surface area contributed by atoms with E-state index in [2.05, 4.69) is 67.9 Å². The molecule has 0 amide bonds. The quantitative estimate of drug-likeness (QED) is 0.268. The predicted octanol–water partition coefficient (Wildman–Crippen LogP) is 3.75. The van der Waals surface area contributed by atoms with E-state index in [4.69, 9.17) is 4.74 Å². The number of nitrogens with zero attached hydrogens (tertiary/aromatic N) is 3. The Morgan fingerprint density at radius 3 is 2.50 bits per heavy atom. The fourth-order valence-corrected chi connectivity index (χ4v) is 3.88. The Kier molecular flexibility index (Phi) is 11.8. The molecule has 2 aromatic carbocycles. The van der Waals surface area contributed by atoms with Crippen LogP contribution in [0.4, 0.5) is 0 Å². The molecule has 1 saturated heterocycles. The summed E-state index contributed by atoms with van der Waals surface area (Å²) >= 11 is 0. The van der Waals surface area contributed by atoms with E-state index in [-0.39, 0.29) is 24.0 Å². The molecule has 0 spiro atoms. The van der Waals surface area contributed by atoms with E-state index >= 15 is 0 Å². The Balaban J connectivity index is 0.00000363. The van der Waals surface area contributed by atoms with Crippen molar-refractivity contribution >= 4 is 29.9 Å². The first-order valence-corrected chi connectivity index (χ1v) is 11.3. The zero-order valence-electron chi connectivity index (χ0n) is 19.6. The summed E-state index contributed by atoms with van der Waals surface area (Å²) in [4.78, 5) is 9.12. The molecule has 0 aliphatic carbocycles. The van der Waals surface area contributed by atoms with Crippen molar-refractivity contribution < 1.29 is 4.74 Å². The van der Waals surface area contributed by atoms with Gasteiger partial charge in [-0.05, 0) is 63.3 Å². The summed E-state index contributed by atoms with van der Waals surface area (Å²) in [6.07, 6.45) is 2.56. The van der Waals surface area contributed by atoms with E-state index < -0.39 is 0 Å². The molecule has 0 aromatic heterocycles. The van der Waals surface area contributed by atoms with Gasteiger partial charge in [-0.1, -0.05) is 42.5 Å². The van der Waals surface area contributed by atoms with Gasteiger partial charge in [0.1, 0.15) is 12.4 Å². The predicted molar refractivity (Wildman–Crippen MR) is 144 cm³/mol. The van der Waals surface area contributed by atoms with Gasteiger partial charge in [0.25, 0.3) is 0 Å². The fraction of sp³-hybridized carbons (Fsp3) is 0.480. The molecule has 2 aromatic rings. The maximum absolute atomic E-state index is 5.85. The molecule has 0 radical (unpaired) electrons. The molecule has 1 fully saturated rings. The fourth-order valence-electron chi connectivity index (χ4n) is 3.88. The number of likely N-dealkylation sites (tertiary alicyclic amines) is 1. The molecule has 7 heteroatoms. The average Bonchev–Trinajstić information content (AvgIpc) is 3.31. The van der Waals surface area contributed by atoms with Crippen LogP contribution in [0.15, 0.2) is 59.6 Å². The summed E-state index contributed by atoms with van der Waals surface area (Å²) in [6.45, 7) is 5.44. The molecule has 0 saturated carbocycles. The molecule has 6 nitrogen and oxygen atoms in total. The maximum atomic E-state index is 5.85. The van der Waals surface area contributed by atoms with Gasteiger partial charge in [0.05, 0.1) is 6.04 Å². The normalized spacial score (nSPS) is 15.3. The lowest BCUT2D eigenvalue weighted by molar-refractivity contribution is 0.245. The second kappa shape index (κ2) is 14.3. The van der Waals surface area contributed by atoms with Crippen LogP contribution >= 0.6 is 24.0 Å². The van der Waals surface area contributed by atoms with Gasteiger partial charge < -0.3 is 20.3 Å². The number of guanidine groups is 1. The van der Waals surface area contributed by atoms with Gasteiger partial charge in [0, 0.05) is 26.7 Å². The van der Waals surface area contributed by atoms with Crippen LogP contribution in [0.2, 0.25) is 0 Å². The van der Waals surface area contributed by atoms with Crippen molar-refractivity contribution in [1.82, 2.24) is 20.4 Å². The van der Waals surface area contributed by atoms with Crippen molar-refractivity contribution in [3.8, 4) is 5.75 Å². The van der Waals surface area contributed by atoms with Gasteiger partial charge in [0.2, 0.25) is 0 Å². The third kappa shape index (κ3) is 8.60. The summed E-state index contributed by atoms with van der Waals surface area (Å²) in [7, 11) is 5.92. The van der Waals surface area contributed by atoms with Crippen LogP contribution in [0.5, 0.6) is 5.75 Å². The maximum Gasteiger partial charge on any atom is 0.191 e. The summed E-state index contributed by atoms with van der Waals surface area (Å²) in [6, 6.07) is 19.4. The minimum atomic E-state index is 0. The van der Waals surface area contributed by atoms with Crippen LogP contribution in [-0.2, 0) is 6.54 Å². The molecule has 1 aliphatic heterocycles. The van der Waals surface area contributed by atoms with Crippen LogP contribution in [0, 0.1) is 0 Å². The number of ether oxygens (including phenoxy) is 1. The Hall–Kier alpha value is -1.84. The molecule has 1 aliphatic rings. The summed E-state index contributed by atoms with van der Waals surface area (Å²) < 4.78 is 5.85. The molecule has 0 bridgehead atoms. The molecule has 32 heavy (non-hydrogen) atoms. The molecule has 3 rings (SSSR count). The highest BCUT2D eigenvalue weighted by Crippen LogP contribution is 2.24. The number of halogens is 1. The Morgan fingerprint density at radius 2 is 1.81 bits per heavy atom. The zero-order chi connectivity index (χ0) is 21.9. The van der Waals surface area contributed by atoms with Crippen LogP contribution in [0.1, 0.15) is 30.0 Å².